The molecular weight excluding hydrogens is 516 g/mol. The van der Waals surface area contributed by atoms with Gasteiger partial charge in [0.1, 0.15) is 5.65 Å². The predicted molar refractivity (Wildman–Crippen MR) is 137 cm³/mol. The Balaban J connectivity index is 1.93. The lowest BCUT2D eigenvalue weighted by Gasteiger charge is -2.30. The molecule has 4 nitrogen and oxygen atoms in total. The van der Waals surface area contributed by atoms with Gasteiger partial charge < -0.3 is 9.74 Å². The Labute approximate surface area is 201 Å². The van der Waals surface area contributed by atoms with Gasteiger partial charge in [-0.15, -0.1) is 0 Å². The maximum absolute atomic E-state index is 7.36. The summed E-state index contributed by atoms with van der Waals surface area (Å²) < 4.78 is 4.41. The molecule has 31 heavy (non-hydrogen) atoms. The molecule has 162 valence electrons. The molecule has 4 rings (SSSR count). The molecule has 0 radical (unpaired) electrons. The number of fused-ring (bicyclic) bond motifs is 1. The van der Waals surface area contributed by atoms with Crippen LogP contribution >= 0.6 is 31.9 Å². The Morgan fingerprint density at radius 1 is 1.06 bits per heavy atom. The molecule has 0 atom stereocenters. The van der Waals surface area contributed by atoms with Crippen LogP contribution < -0.4 is 4.90 Å². The van der Waals surface area contributed by atoms with Gasteiger partial charge in [-0.3, -0.25) is 4.57 Å². The molecule has 0 aliphatic carbocycles. The number of anilines is 1. The first-order chi connectivity index (χ1) is 14.7. The smallest absolute Gasteiger partial charge is 0.227 e. The highest BCUT2D eigenvalue weighted by molar-refractivity contribution is 9.11. The van der Waals surface area contributed by atoms with Crippen LogP contribution in [0.15, 0.2) is 27.1 Å². The number of halogens is 2. The largest absolute Gasteiger partial charge is 0.370 e. The molecule has 0 spiro atoms. The van der Waals surface area contributed by atoms with Crippen LogP contribution in [0.5, 0.6) is 0 Å². The highest BCUT2D eigenvalue weighted by Gasteiger charge is 2.27. The Hall–Kier alpha value is -1.84. The monoisotopic (exact) mass is 542 g/mol. The Bertz CT molecular complexity index is 1170. The molecular formula is C25H28Br2N4. The second kappa shape index (κ2) is 8.60. The number of rotatable bonds is 3. The van der Waals surface area contributed by atoms with Crippen LogP contribution in [0.3, 0.4) is 0 Å². The van der Waals surface area contributed by atoms with Gasteiger partial charge in [0.25, 0.3) is 0 Å². The molecule has 1 aliphatic heterocycles. The van der Waals surface area contributed by atoms with Crippen LogP contribution in [-0.4, -0.2) is 28.7 Å². The number of hydrogen-bond donors (Lipinski definition) is 0. The first-order valence-corrected chi connectivity index (χ1v) is 12.4. The zero-order chi connectivity index (χ0) is 22.4. The first-order valence-electron chi connectivity index (χ1n) is 10.8. The van der Waals surface area contributed by atoms with Crippen LogP contribution in [0.1, 0.15) is 55.1 Å². The van der Waals surface area contributed by atoms with Gasteiger partial charge in [-0.1, -0.05) is 13.8 Å². The molecule has 0 unspecified atom stereocenters. The van der Waals surface area contributed by atoms with Crippen molar-refractivity contribution in [1.29, 1.82) is 0 Å². The molecule has 0 bridgehead atoms. The fourth-order valence-electron chi connectivity index (χ4n) is 4.56. The molecule has 3 aromatic rings. The minimum absolute atomic E-state index is 0.161. The van der Waals surface area contributed by atoms with E-state index in [0.717, 1.165) is 51.9 Å². The van der Waals surface area contributed by atoms with Gasteiger partial charge in [0.05, 0.1) is 5.69 Å². The third-order valence-corrected chi connectivity index (χ3v) is 7.70. The van der Waals surface area contributed by atoms with Crippen LogP contribution in [0.25, 0.3) is 21.6 Å². The average Bonchev–Trinajstić information content (AvgIpc) is 2.97. The lowest BCUT2D eigenvalue weighted by atomic mass is 10.0. The number of nitrogens with zero attached hydrogens (tertiary/aromatic N) is 4. The zero-order valence-corrected chi connectivity index (χ0v) is 21.9. The average molecular weight is 544 g/mol. The second-order valence-corrected chi connectivity index (χ2v) is 10.6. The van der Waals surface area contributed by atoms with Crippen LogP contribution in [0.2, 0.25) is 0 Å². The van der Waals surface area contributed by atoms with Gasteiger partial charge in [-0.05, 0) is 87.9 Å². The van der Waals surface area contributed by atoms with E-state index in [9.17, 15) is 0 Å². The SMILES string of the molecule is [C-]#[N+]C1CCN(c2cc(C)nc3c2c(C)c(C)n3-c2c(Br)cc(C(C)C)cc2Br)CC1. The summed E-state index contributed by atoms with van der Waals surface area (Å²) >= 11 is 7.69. The fraction of sp³-hybridized carbons (Fsp3) is 0.440. The van der Waals surface area contributed by atoms with Crippen molar-refractivity contribution in [2.75, 3.05) is 18.0 Å². The van der Waals surface area contributed by atoms with E-state index in [-0.39, 0.29) is 6.04 Å². The van der Waals surface area contributed by atoms with Crippen LogP contribution in [0, 0.1) is 27.3 Å². The highest BCUT2D eigenvalue weighted by atomic mass is 79.9. The van der Waals surface area contributed by atoms with Crippen molar-refractivity contribution in [2.24, 2.45) is 0 Å². The topological polar surface area (TPSA) is 25.4 Å². The lowest BCUT2D eigenvalue weighted by Crippen LogP contribution is -2.35. The summed E-state index contributed by atoms with van der Waals surface area (Å²) in [6.07, 6.45) is 1.86. The molecule has 0 amide bonds. The van der Waals surface area contributed by atoms with E-state index in [4.69, 9.17) is 11.6 Å². The molecule has 3 heterocycles. The van der Waals surface area contributed by atoms with Crippen molar-refractivity contribution in [3.05, 3.63) is 61.1 Å². The molecule has 2 aromatic heterocycles. The Morgan fingerprint density at radius 2 is 1.68 bits per heavy atom. The molecule has 0 saturated carbocycles. The number of hydrogen-bond acceptors (Lipinski definition) is 2. The summed E-state index contributed by atoms with van der Waals surface area (Å²) in [5.41, 5.74) is 8.10. The quantitative estimate of drug-likeness (QED) is 0.320. The maximum atomic E-state index is 7.36. The van der Waals surface area contributed by atoms with Crippen molar-refractivity contribution in [3.63, 3.8) is 0 Å². The zero-order valence-electron chi connectivity index (χ0n) is 18.8. The van der Waals surface area contributed by atoms with E-state index in [0.29, 0.717) is 5.92 Å². The summed E-state index contributed by atoms with van der Waals surface area (Å²) in [5, 5.41) is 1.22. The number of pyridine rings is 1. The van der Waals surface area contributed by atoms with E-state index < -0.39 is 0 Å². The molecule has 1 fully saturated rings. The van der Waals surface area contributed by atoms with E-state index in [1.165, 1.54) is 27.9 Å². The van der Waals surface area contributed by atoms with E-state index >= 15 is 0 Å². The van der Waals surface area contributed by atoms with E-state index in [1.807, 2.05) is 0 Å². The molecule has 1 aromatic carbocycles. The van der Waals surface area contributed by atoms with Gasteiger partial charge in [0.15, 0.2) is 0 Å². The summed E-state index contributed by atoms with van der Waals surface area (Å²) in [4.78, 5) is 11.2. The van der Waals surface area contributed by atoms with Crippen molar-refractivity contribution in [2.45, 2.75) is 59.4 Å². The minimum Gasteiger partial charge on any atom is -0.370 e. The van der Waals surface area contributed by atoms with Crippen LogP contribution in [0.4, 0.5) is 5.69 Å². The minimum atomic E-state index is 0.161. The van der Waals surface area contributed by atoms with Gasteiger partial charge in [-0.2, -0.15) is 0 Å². The van der Waals surface area contributed by atoms with Gasteiger partial charge in [0.2, 0.25) is 6.04 Å². The number of benzene rings is 1. The van der Waals surface area contributed by atoms with E-state index in [1.54, 1.807) is 0 Å². The number of piperidine rings is 1. The first kappa shape index (κ1) is 22.4. The van der Waals surface area contributed by atoms with Crippen molar-refractivity contribution >= 4 is 48.6 Å². The number of aromatic nitrogens is 2. The van der Waals surface area contributed by atoms with Gasteiger partial charge >= 0.3 is 0 Å². The Morgan fingerprint density at radius 3 is 2.23 bits per heavy atom. The fourth-order valence-corrected chi connectivity index (χ4v) is 6.14. The highest BCUT2D eigenvalue weighted by Crippen LogP contribution is 2.41. The Kier molecular flexibility index (Phi) is 6.20. The van der Waals surface area contributed by atoms with E-state index in [2.05, 4.69) is 99.0 Å². The van der Waals surface area contributed by atoms with Crippen molar-refractivity contribution in [3.8, 4) is 5.69 Å². The van der Waals surface area contributed by atoms with Crippen LogP contribution in [-0.2, 0) is 0 Å². The molecule has 1 saturated heterocycles. The third-order valence-electron chi connectivity index (χ3n) is 6.49. The summed E-state index contributed by atoms with van der Waals surface area (Å²) in [5.74, 6) is 0.455. The standard InChI is InChI=1S/C25H28Br2N4/c1-14(2)18-12-20(26)24(21(27)13-18)31-17(5)16(4)23-22(11-15(3)29-25(23)31)30-9-7-19(28-6)8-10-30/h11-14,19H,7-10H2,1-5H3. The third kappa shape index (κ3) is 3.91. The van der Waals surface area contributed by atoms with Gasteiger partial charge in [0, 0.05) is 57.3 Å². The summed E-state index contributed by atoms with van der Waals surface area (Å²) in [7, 11) is 0. The van der Waals surface area contributed by atoms with Crippen molar-refractivity contribution < 1.29 is 0 Å². The lowest BCUT2D eigenvalue weighted by molar-refractivity contribution is 0.549. The summed E-state index contributed by atoms with van der Waals surface area (Å²) in [6.45, 7) is 20.1. The molecule has 6 heteroatoms. The normalized spacial score (nSPS) is 15.1. The van der Waals surface area contributed by atoms with Crippen molar-refractivity contribution in [1.82, 2.24) is 9.55 Å². The summed E-state index contributed by atoms with van der Waals surface area (Å²) in [6, 6.07) is 6.81. The number of aryl methyl sites for hydroxylation is 2. The molecule has 0 N–H and O–H groups in total. The maximum Gasteiger partial charge on any atom is 0.227 e. The second-order valence-electron chi connectivity index (χ2n) is 8.86. The van der Waals surface area contributed by atoms with Gasteiger partial charge in [-0.25, -0.2) is 11.6 Å². The predicted octanol–water partition coefficient (Wildman–Crippen LogP) is 7.49. The molecule has 1 aliphatic rings.